The molecule has 0 fully saturated rings. The van der Waals surface area contributed by atoms with E-state index in [2.05, 4.69) is 44.5 Å². The average molecular weight is 470 g/mol. The Morgan fingerprint density at radius 2 is 2.04 bits per heavy atom. The standard InChI is InChI=1S/C18H26N6O.HI/c1-4-10-19-18(21-13-17-23-22-15(2)24(17)3)20-11-12-25-14-16-8-6-5-7-9-16;/h4-9H,1,10-14H2,2-3H3,(H2,19,20,21);1H. The zero-order valence-electron chi connectivity index (χ0n) is 15.3. The molecule has 0 saturated carbocycles. The lowest BCUT2D eigenvalue weighted by Gasteiger charge is -2.11. The lowest BCUT2D eigenvalue weighted by atomic mass is 10.2. The van der Waals surface area contributed by atoms with E-state index >= 15 is 0 Å². The molecule has 1 aromatic heterocycles. The molecule has 0 aliphatic carbocycles. The van der Waals surface area contributed by atoms with Crippen molar-refractivity contribution in [2.24, 2.45) is 12.0 Å². The second kappa shape index (κ2) is 12.4. The fourth-order valence-electron chi connectivity index (χ4n) is 2.09. The van der Waals surface area contributed by atoms with Gasteiger partial charge in [-0.3, -0.25) is 0 Å². The molecular weight excluding hydrogens is 443 g/mol. The van der Waals surface area contributed by atoms with Crippen LogP contribution in [-0.4, -0.2) is 40.4 Å². The summed E-state index contributed by atoms with van der Waals surface area (Å²) in [4.78, 5) is 4.53. The molecule has 0 amide bonds. The molecular formula is C18H27IN6O. The minimum absolute atomic E-state index is 0. The molecule has 142 valence electrons. The number of aromatic nitrogens is 3. The molecule has 0 saturated heterocycles. The lowest BCUT2D eigenvalue weighted by molar-refractivity contribution is 0.125. The molecule has 1 aromatic carbocycles. The predicted molar refractivity (Wildman–Crippen MR) is 115 cm³/mol. The van der Waals surface area contributed by atoms with Crippen LogP contribution in [0.2, 0.25) is 0 Å². The van der Waals surface area contributed by atoms with Crippen molar-refractivity contribution < 1.29 is 4.74 Å². The second-order valence-electron chi connectivity index (χ2n) is 5.52. The van der Waals surface area contributed by atoms with Crippen molar-refractivity contribution >= 4 is 29.9 Å². The fourth-order valence-corrected chi connectivity index (χ4v) is 2.09. The van der Waals surface area contributed by atoms with Crippen molar-refractivity contribution in [3.63, 3.8) is 0 Å². The third-order valence-corrected chi connectivity index (χ3v) is 3.63. The van der Waals surface area contributed by atoms with E-state index in [9.17, 15) is 0 Å². The Morgan fingerprint density at radius 3 is 2.69 bits per heavy atom. The van der Waals surface area contributed by atoms with Crippen LogP contribution in [0.3, 0.4) is 0 Å². The molecule has 0 unspecified atom stereocenters. The molecule has 0 aliphatic rings. The van der Waals surface area contributed by atoms with Gasteiger partial charge >= 0.3 is 0 Å². The molecule has 1 heterocycles. The number of aryl methyl sites for hydroxylation is 1. The Hall–Kier alpha value is -1.94. The second-order valence-corrected chi connectivity index (χ2v) is 5.52. The maximum absolute atomic E-state index is 5.67. The molecule has 8 heteroatoms. The van der Waals surface area contributed by atoms with Gasteiger partial charge in [-0.2, -0.15) is 0 Å². The molecule has 0 spiro atoms. The fraction of sp³-hybridized carbons (Fsp3) is 0.389. The number of hydrogen-bond acceptors (Lipinski definition) is 4. The topological polar surface area (TPSA) is 76.4 Å². The van der Waals surface area contributed by atoms with Gasteiger partial charge in [0.25, 0.3) is 0 Å². The Labute approximate surface area is 172 Å². The highest BCUT2D eigenvalue weighted by Gasteiger charge is 2.04. The normalized spacial score (nSPS) is 10.9. The van der Waals surface area contributed by atoms with Gasteiger partial charge in [-0.15, -0.1) is 40.8 Å². The first-order valence-corrected chi connectivity index (χ1v) is 8.30. The summed E-state index contributed by atoms with van der Waals surface area (Å²) in [5, 5.41) is 14.6. The summed E-state index contributed by atoms with van der Waals surface area (Å²) in [7, 11) is 1.93. The van der Waals surface area contributed by atoms with Gasteiger partial charge < -0.3 is 19.9 Å². The summed E-state index contributed by atoms with van der Waals surface area (Å²) < 4.78 is 7.60. The summed E-state index contributed by atoms with van der Waals surface area (Å²) in [6.45, 7) is 8.57. The van der Waals surface area contributed by atoms with Crippen LogP contribution in [0.4, 0.5) is 0 Å². The third-order valence-electron chi connectivity index (χ3n) is 3.63. The van der Waals surface area contributed by atoms with Crippen molar-refractivity contribution in [2.75, 3.05) is 19.7 Å². The monoisotopic (exact) mass is 470 g/mol. The Morgan fingerprint density at radius 1 is 1.27 bits per heavy atom. The first kappa shape index (κ1) is 22.1. The van der Waals surface area contributed by atoms with Crippen molar-refractivity contribution in [3.05, 3.63) is 60.2 Å². The van der Waals surface area contributed by atoms with Gasteiger partial charge in [0.15, 0.2) is 11.8 Å². The highest BCUT2D eigenvalue weighted by atomic mass is 127. The van der Waals surface area contributed by atoms with Gasteiger partial charge in [0.2, 0.25) is 0 Å². The number of guanidine groups is 1. The molecule has 2 rings (SSSR count). The van der Waals surface area contributed by atoms with Crippen molar-refractivity contribution in [3.8, 4) is 0 Å². The molecule has 0 radical (unpaired) electrons. The molecule has 0 aliphatic heterocycles. The molecule has 26 heavy (non-hydrogen) atoms. The zero-order valence-corrected chi connectivity index (χ0v) is 17.6. The van der Waals surface area contributed by atoms with Crippen molar-refractivity contribution in [2.45, 2.75) is 20.1 Å². The van der Waals surface area contributed by atoms with Gasteiger partial charge in [-0.05, 0) is 12.5 Å². The Bertz CT molecular complexity index is 686. The predicted octanol–water partition coefficient (Wildman–Crippen LogP) is 2.18. The lowest BCUT2D eigenvalue weighted by Crippen LogP contribution is -2.39. The molecule has 2 aromatic rings. The number of hydrogen-bond donors (Lipinski definition) is 2. The van der Waals surface area contributed by atoms with Crippen LogP contribution >= 0.6 is 24.0 Å². The minimum Gasteiger partial charge on any atom is -0.375 e. The van der Waals surface area contributed by atoms with Crippen molar-refractivity contribution in [1.82, 2.24) is 25.4 Å². The number of halogens is 1. The molecule has 0 bridgehead atoms. The van der Waals surface area contributed by atoms with Crippen LogP contribution in [0.15, 0.2) is 48.0 Å². The highest BCUT2D eigenvalue weighted by molar-refractivity contribution is 14.0. The van der Waals surface area contributed by atoms with Gasteiger partial charge in [0, 0.05) is 20.1 Å². The average Bonchev–Trinajstić information content (AvgIpc) is 2.96. The quantitative estimate of drug-likeness (QED) is 0.193. The summed E-state index contributed by atoms with van der Waals surface area (Å²) in [5.41, 5.74) is 1.17. The number of nitrogens with one attached hydrogen (secondary N) is 2. The highest BCUT2D eigenvalue weighted by Crippen LogP contribution is 2.00. The number of rotatable bonds is 9. The summed E-state index contributed by atoms with van der Waals surface area (Å²) in [6.07, 6.45) is 1.79. The molecule has 0 atom stereocenters. The summed E-state index contributed by atoms with van der Waals surface area (Å²) in [6, 6.07) is 10.1. The van der Waals surface area contributed by atoms with E-state index in [1.54, 1.807) is 6.08 Å². The molecule has 2 N–H and O–H groups in total. The maximum atomic E-state index is 5.67. The van der Waals surface area contributed by atoms with Crippen molar-refractivity contribution in [1.29, 1.82) is 0 Å². The summed E-state index contributed by atoms with van der Waals surface area (Å²) in [5.74, 6) is 2.38. The van der Waals surface area contributed by atoms with E-state index in [0.29, 0.717) is 38.8 Å². The smallest absolute Gasteiger partial charge is 0.192 e. The number of nitrogens with zero attached hydrogens (tertiary/aromatic N) is 4. The minimum atomic E-state index is 0. The van der Waals surface area contributed by atoms with Crippen LogP contribution in [-0.2, 0) is 24.9 Å². The third kappa shape index (κ3) is 7.52. The maximum Gasteiger partial charge on any atom is 0.192 e. The van der Waals surface area contributed by atoms with Crippen LogP contribution in [0, 0.1) is 6.92 Å². The number of aliphatic imine (C=N–C) groups is 1. The summed E-state index contributed by atoms with van der Waals surface area (Å²) >= 11 is 0. The van der Waals surface area contributed by atoms with Crippen LogP contribution in [0.25, 0.3) is 0 Å². The number of benzene rings is 1. The van der Waals surface area contributed by atoms with Gasteiger partial charge in [-0.1, -0.05) is 36.4 Å². The Kier molecular flexibility index (Phi) is 10.6. The van der Waals surface area contributed by atoms with Gasteiger partial charge in [0.1, 0.15) is 12.4 Å². The van der Waals surface area contributed by atoms with E-state index in [0.717, 1.165) is 11.6 Å². The van der Waals surface area contributed by atoms with E-state index in [4.69, 9.17) is 4.74 Å². The first-order chi connectivity index (χ1) is 12.2. The van der Waals surface area contributed by atoms with Crippen LogP contribution < -0.4 is 10.6 Å². The van der Waals surface area contributed by atoms with E-state index in [1.807, 2.05) is 36.7 Å². The van der Waals surface area contributed by atoms with Crippen LogP contribution in [0.5, 0.6) is 0 Å². The first-order valence-electron chi connectivity index (χ1n) is 8.30. The SMILES string of the molecule is C=CCNC(=NCc1nnc(C)n1C)NCCOCc1ccccc1.I. The number of ether oxygens (including phenoxy) is 1. The van der Waals surface area contributed by atoms with Gasteiger partial charge in [0.05, 0.1) is 13.2 Å². The zero-order chi connectivity index (χ0) is 17.9. The van der Waals surface area contributed by atoms with E-state index < -0.39 is 0 Å². The largest absolute Gasteiger partial charge is 0.375 e. The van der Waals surface area contributed by atoms with E-state index in [1.165, 1.54) is 5.56 Å². The van der Waals surface area contributed by atoms with E-state index in [-0.39, 0.29) is 24.0 Å². The molecule has 7 nitrogen and oxygen atoms in total. The van der Waals surface area contributed by atoms with Gasteiger partial charge in [-0.25, -0.2) is 4.99 Å². The Balaban J connectivity index is 0.00000338. The van der Waals surface area contributed by atoms with Crippen LogP contribution in [0.1, 0.15) is 17.2 Å².